The van der Waals surface area contributed by atoms with Crippen LogP contribution in [0.5, 0.6) is 0 Å². The lowest BCUT2D eigenvalue weighted by Gasteiger charge is -2.29. The number of rotatable bonds is 3. The van der Waals surface area contributed by atoms with E-state index in [4.69, 9.17) is 16.1 Å². The molecule has 1 saturated carbocycles. The van der Waals surface area contributed by atoms with Crippen molar-refractivity contribution in [3.05, 3.63) is 77.3 Å². The van der Waals surface area contributed by atoms with E-state index in [0.717, 1.165) is 57.9 Å². The van der Waals surface area contributed by atoms with Crippen LogP contribution >= 0.6 is 23.4 Å². The fraction of sp³-hybridized carbons (Fsp3) is 0.192. The van der Waals surface area contributed by atoms with Gasteiger partial charge in [0.05, 0.1) is 11.3 Å². The number of carbonyl (C=O) groups excluding carboxylic acids is 1. The second-order valence-electron chi connectivity index (χ2n) is 8.32. The van der Waals surface area contributed by atoms with Gasteiger partial charge in [-0.2, -0.15) is 4.98 Å². The van der Waals surface area contributed by atoms with Gasteiger partial charge in [-0.3, -0.25) is 4.79 Å². The first-order chi connectivity index (χ1) is 16.2. The van der Waals surface area contributed by atoms with Crippen molar-refractivity contribution in [3.8, 4) is 22.8 Å². The first-order valence-electron chi connectivity index (χ1n) is 11.0. The van der Waals surface area contributed by atoms with E-state index in [1.165, 1.54) is 0 Å². The molecule has 0 unspecified atom stereocenters. The summed E-state index contributed by atoms with van der Waals surface area (Å²) in [7, 11) is 0. The Balaban J connectivity index is 1.42. The lowest BCUT2D eigenvalue weighted by atomic mass is 10.1. The SMILES string of the molecule is O=C1c2ccccc2Sc2cc(-c3noc(-c4ccc(Cl)cc4)n3)ccc2N1C1CCCC1. The average Bonchev–Trinajstić information content (AvgIpc) is 3.52. The van der Waals surface area contributed by atoms with E-state index in [1.54, 1.807) is 23.9 Å². The predicted octanol–water partition coefficient (Wildman–Crippen LogP) is 7.11. The van der Waals surface area contributed by atoms with Crippen molar-refractivity contribution < 1.29 is 9.32 Å². The molecule has 4 aromatic rings. The second-order valence-corrected chi connectivity index (χ2v) is 9.84. The van der Waals surface area contributed by atoms with Crippen molar-refractivity contribution in [3.63, 3.8) is 0 Å². The van der Waals surface area contributed by atoms with E-state index in [-0.39, 0.29) is 11.9 Å². The Hall–Kier alpha value is -3.09. The third-order valence-corrected chi connectivity index (χ3v) is 7.62. The summed E-state index contributed by atoms with van der Waals surface area (Å²) in [5, 5.41) is 4.86. The Morgan fingerprint density at radius 2 is 1.70 bits per heavy atom. The van der Waals surface area contributed by atoms with Gasteiger partial charge in [-0.15, -0.1) is 0 Å². The summed E-state index contributed by atoms with van der Waals surface area (Å²) in [6, 6.07) is 21.5. The molecule has 6 rings (SSSR count). The molecule has 33 heavy (non-hydrogen) atoms. The fourth-order valence-electron chi connectivity index (χ4n) is 4.60. The van der Waals surface area contributed by atoms with Crippen LogP contribution in [-0.2, 0) is 0 Å². The number of benzene rings is 3. The zero-order chi connectivity index (χ0) is 22.4. The molecule has 0 bridgehead atoms. The first kappa shape index (κ1) is 20.5. The highest BCUT2D eigenvalue weighted by Crippen LogP contribution is 2.45. The highest BCUT2D eigenvalue weighted by atomic mass is 35.5. The normalized spacial score (nSPS) is 15.9. The van der Waals surface area contributed by atoms with Crippen LogP contribution in [-0.4, -0.2) is 22.1 Å². The fourth-order valence-corrected chi connectivity index (χ4v) is 5.83. The number of hydrogen-bond donors (Lipinski definition) is 0. The number of aromatic nitrogens is 2. The molecular formula is C26H20ClN3O2S. The summed E-state index contributed by atoms with van der Waals surface area (Å²) >= 11 is 7.61. The van der Waals surface area contributed by atoms with E-state index in [0.29, 0.717) is 16.7 Å². The van der Waals surface area contributed by atoms with E-state index in [2.05, 4.69) is 16.2 Å². The van der Waals surface area contributed by atoms with Gasteiger partial charge < -0.3 is 9.42 Å². The number of halogens is 1. The number of anilines is 1. The zero-order valence-electron chi connectivity index (χ0n) is 17.7. The van der Waals surface area contributed by atoms with Gasteiger partial charge in [0.15, 0.2) is 0 Å². The summed E-state index contributed by atoms with van der Waals surface area (Å²) in [6.45, 7) is 0. The maximum absolute atomic E-state index is 13.6. The van der Waals surface area contributed by atoms with E-state index >= 15 is 0 Å². The Labute approximate surface area is 200 Å². The summed E-state index contributed by atoms with van der Waals surface area (Å²) in [5.74, 6) is 1.04. The zero-order valence-corrected chi connectivity index (χ0v) is 19.3. The number of carbonyl (C=O) groups is 1. The number of fused-ring (bicyclic) bond motifs is 2. The average molecular weight is 474 g/mol. The van der Waals surface area contributed by atoms with Gasteiger partial charge >= 0.3 is 0 Å². The molecule has 0 atom stereocenters. The molecule has 1 aliphatic carbocycles. The summed E-state index contributed by atoms with van der Waals surface area (Å²) in [6.07, 6.45) is 4.39. The number of amides is 1. The third kappa shape index (κ3) is 3.73. The summed E-state index contributed by atoms with van der Waals surface area (Å²) < 4.78 is 5.51. The van der Waals surface area contributed by atoms with Gasteiger partial charge in [-0.05, 0) is 67.4 Å². The lowest BCUT2D eigenvalue weighted by Crippen LogP contribution is -2.39. The minimum atomic E-state index is 0.0843. The Bertz CT molecular complexity index is 1350. The van der Waals surface area contributed by atoms with Crippen LogP contribution in [0, 0.1) is 0 Å². The van der Waals surface area contributed by atoms with Gasteiger partial charge in [0.1, 0.15) is 0 Å². The van der Waals surface area contributed by atoms with Gasteiger partial charge in [0.2, 0.25) is 5.82 Å². The predicted molar refractivity (Wildman–Crippen MR) is 130 cm³/mol. The molecule has 7 heteroatoms. The van der Waals surface area contributed by atoms with Crippen molar-refractivity contribution >= 4 is 35.0 Å². The van der Waals surface area contributed by atoms with Crippen molar-refractivity contribution in [2.45, 2.75) is 41.5 Å². The standard InChI is InChI=1S/C26H20ClN3O2S/c27-18-12-9-16(10-13-18)25-28-24(29-32-25)17-11-14-21-23(15-17)33-22-8-4-3-7-20(22)26(31)30(21)19-5-1-2-6-19/h3-4,7-15,19H,1-2,5-6H2. The maximum Gasteiger partial charge on any atom is 0.259 e. The van der Waals surface area contributed by atoms with Crippen LogP contribution in [0.1, 0.15) is 36.0 Å². The molecule has 1 fully saturated rings. The molecule has 2 heterocycles. The highest BCUT2D eigenvalue weighted by molar-refractivity contribution is 7.99. The lowest BCUT2D eigenvalue weighted by molar-refractivity contribution is 0.0974. The Kier molecular flexibility index (Phi) is 5.19. The van der Waals surface area contributed by atoms with Gasteiger partial charge in [-0.25, -0.2) is 0 Å². The quantitative estimate of drug-likeness (QED) is 0.317. The van der Waals surface area contributed by atoms with Crippen LogP contribution < -0.4 is 4.90 Å². The number of nitrogens with zero attached hydrogens (tertiary/aromatic N) is 3. The molecular weight excluding hydrogens is 454 g/mol. The molecule has 5 nitrogen and oxygen atoms in total. The topological polar surface area (TPSA) is 59.2 Å². The molecule has 3 aromatic carbocycles. The molecule has 1 aliphatic heterocycles. The molecule has 1 amide bonds. The van der Waals surface area contributed by atoms with Crippen molar-refractivity contribution in [1.29, 1.82) is 0 Å². The molecule has 1 aromatic heterocycles. The molecule has 0 spiro atoms. The van der Waals surface area contributed by atoms with Crippen LogP contribution in [0.25, 0.3) is 22.8 Å². The second kappa shape index (κ2) is 8.36. The summed E-state index contributed by atoms with van der Waals surface area (Å²) in [4.78, 5) is 22.2. The van der Waals surface area contributed by atoms with Crippen molar-refractivity contribution in [2.75, 3.05) is 4.90 Å². The third-order valence-electron chi connectivity index (χ3n) is 6.24. The van der Waals surface area contributed by atoms with E-state index in [9.17, 15) is 4.79 Å². The molecule has 0 N–H and O–H groups in total. The molecule has 164 valence electrons. The van der Waals surface area contributed by atoms with Crippen LogP contribution in [0.4, 0.5) is 5.69 Å². The monoisotopic (exact) mass is 473 g/mol. The highest BCUT2D eigenvalue weighted by Gasteiger charge is 2.34. The smallest absolute Gasteiger partial charge is 0.259 e. The van der Waals surface area contributed by atoms with Gasteiger partial charge in [0, 0.05) is 32.0 Å². The van der Waals surface area contributed by atoms with Crippen LogP contribution in [0.2, 0.25) is 5.02 Å². The number of hydrogen-bond acceptors (Lipinski definition) is 5. The molecule has 2 aliphatic rings. The first-order valence-corrected chi connectivity index (χ1v) is 12.2. The largest absolute Gasteiger partial charge is 0.334 e. The molecule has 0 radical (unpaired) electrons. The molecule has 0 saturated heterocycles. The van der Waals surface area contributed by atoms with Crippen molar-refractivity contribution in [2.24, 2.45) is 0 Å². The maximum atomic E-state index is 13.6. The van der Waals surface area contributed by atoms with Crippen LogP contribution in [0.15, 0.2) is 81.0 Å². The van der Waals surface area contributed by atoms with E-state index in [1.807, 2.05) is 53.4 Å². The minimum absolute atomic E-state index is 0.0843. The van der Waals surface area contributed by atoms with Crippen molar-refractivity contribution in [1.82, 2.24) is 10.1 Å². The van der Waals surface area contributed by atoms with E-state index < -0.39 is 0 Å². The Morgan fingerprint density at radius 1 is 0.939 bits per heavy atom. The minimum Gasteiger partial charge on any atom is -0.334 e. The van der Waals surface area contributed by atoms with Gasteiger partial charge in [-0.1, -0.05) is 53.5 Å². The van der Waals surface area contributed by atoms with Crippen LogP contribution in [0.3, 0.4) is 0 Å². The van der Waals surface area contributed by atoms with Gasteiger partial charge in [0.25, 0.3) is 11.8 Å². The Morgan fingerprint density at radius 3 is 2.52 bits per heavy atom. The summed E-state index contributed by atoms with van der Waals surface area (Å²) in [5.41, 5.74) is 3.38.